The summed E-state index contributed by atoms with van der Waals surface area (Å²) in [6, 6.07) is 30.6. The van der Waals surface area contributed by atoms with E-state index in [1.807, 2.05) is 60.7 Å². The summed E-state index contributed by atoms with van der Waals surface area (Å²) in [6.07, 6.45) is -4.59. The fraction of sp³-hybridized carbons (Fsp3) is 0.0667. The Morgan fingerprint density at radius 2 is 1.35 bits per heavy atom. The minimum absolute atomic E-state index is 0.0188. The van der Waals surface area contributed by atoms with Crippen molar-refractivity contribution >= 4 is 35.0 Å². The fourth-order valence-corrected chi connectivity index (χ4v) is 5.02. The number of amides is 1. The summed E-state index contributed by atoms with van der Waals surface area (Å²) in [5.74, 6) is -0.588. The highest BCUT2D eigenvalue weighted by molar-refractivity contribution is 8.00. The molecule has 1 heterocycles. The highest BCUT2D eigenvalue weighted by Gasteiger charge is 2.32. The van der Waals surface area contributed by atoms with Crippen LogP contribution in [-0.2, 0) is 11.0 Å². The van der Waals surface area contributed by atoms with Gasteiger partial charge in [0.2, 0.25) is 11.1 Å². The first-order valence-electron chi connectivity index (χ1n) is 12.0. The van der Waals surface area contributed by atoms with Crippen molar-refractivity contribution in [2.45, 2.75) is 16.6 Å². The van der Waals surface area contributed by atoms with Crippen molar-refractivity contribution in [2.24, 2.45) is 0 Å². The molecule has 0 aliphatic rings. The predicted octanol–water partition coefficient (Wildman–Crippen LogP) is 8.35. The SMILES string of the molecule is O=C(Nc1cc(C(F)(F)F)ccc1Cl)[C@@H](Sc1nnc(-c2ccccc2)c(-c2ccccc2)n1)c1ccccc1. The first kappa shape index (κ1) is 27.4. The summed E-state index contributed by atoms with van der Waals surface area (Å²) in [4.78, 5) is 18.3. The monoisotopic (exact) mass is 576 g/mol. The van der Waals surface area contributed by atoms with Crippen LogP contribution in [0.2, 0.25) is 5.02 Å². The van der Waals surface area contributed by atoms with Gasteiger partial charge in [0.05, 0.1) is 16.3 Å². The number of hydrogen-bond donors (Lipinski definition) is 1. The first-order chi connectivity index (χ1) is 19.3. The maximum atomic E-state index is 13.5. The zero-order valence-corrected chi connectivity index (χ0v) is 22.2. The lowest BCUT2D eigenvalue weighted by molar-refractivity contribution is -0.137. The van der Waals surface area contributed by atoms with Gasteiger partial charge in [-0.25, -0.2) is 4.98 Å². The van der Waals surface area contributed by atoms with Gasteiger partial charge in [0.25, 0.3) is 0 Å². The zero-order valence-electron chi connectivity index (χ0n) is 20.6. The number of nitrogens with one attached hydrogen (secondary N) is 1. The van der Waals surface area contributed by atoms with Crippen LogP contribution in [0.3, 0.4) is 0 Å². The number of hydrogen-bond acceptors (Lipinski definition) is 5. The standard InChI is InChI=1S/C30H20ClF3N4OS/c31-23-17-16-22(30(32,33)34)18-24(23)35-28(39)27(21-14-8-3-9-15-21)40-29-36-25(19-10-4-1-5-11-19)26(37-38-29)20-12-6-2-7-13-20/h1-18,27H,(H,35,39)/t27-/m0/s1. The van der Waals surface area contributed by atoms with Crippen LogP contribution in [0.15, 0.2) is 114 Å². The van der Waals surface area contributed by atoms with Gasteiger partial charge in [-0.15, -0.1) is 10.2 Å². The van der Waals surface area contributed by atoms with Crippen LogP contribution in [0.5, 0.6) is 0 Å². The molecule has 0 radical (unpaired) electrons. The molecule has 200 valence electrons. The van der Waals surface area contributed by atoms with Gasteiger partial charge < -0.3 is 5.32 Å². The largest absolute Gasteiger partial charge is 0.416 e. The van der Waals surface area contributed by atoms with E-state index in [1.54, 1.807) is 30.3 Å². The molecular weight excluding hydrogens is 557 g/mol. The van der Waals surface area contributed by atoms with Gasteiger partial charge in [0.1, 0.15) is 16.6 Å². The second-order valence-corrected chi connectivity index (χ2v) is 10.1. The van der Waals surface area contributed by atoms with E-state index >= 15 is 0 Å². The third-order valence-corrected chi connectivity index (χ3v) is 7.31. The lowest BCUT2D eigenvalue weighted by Gasteiger charge is -2.18. The Bertz CT molecular complexity index is 1620. The first-order valence-corrected chi connectivity index (χ1v) is 13.3. The van der Waals surface area contributed by atoms with Crippen LogP contribution in [0.1, 0.15) is 16.4 Å². The van der Waals surface area contributed by atoms with Crippen LogP contribution in [-0.4, -0.2) is 21.1 Å². The van der Waals surface area contributed by atoms with Crippen LogP contribution in [0.4, 0.5) is 18.9 Å². The molecule has 5 aromatic rings. The van der Waals surface area contributed by atoms with E-state index < -0.39 is 22.9 Å². The average Bonchev–Trinajstić information content (AvgIpc) is 2.97. The summed E-state index contributed by atoms with van der Waals surface area (Å²) < 4.78 is 39.9. The topological polar surface area (TPSA) is 67.8 Å². The minimum atomic E-state index is -4.59. The minimum Gasteiger partial charge on any atom is -0.323 e. The molecule has 4 aromatic carbocycles. The summed E-state index contributed by atoms with van der Waals surface area (Å²) in [6.45, 7) is 0. The molecular formula is C30H20ClF3N4OS. The quantitative estimate of drug-likeness (QED) is 0.197. The molecule has 1 amide bonds. The Morgan fingerprint density at radius 3 is 1.95 bits per heavy atom. The summed E-state index contributed by atoms with van der Waals surface area (Å²) >= 11 is 7.18. The van der Waals surface area contributed by atoms with Gasteiger partial charge in [0, 0.05) is 11.1 Å². The summed E-state index contributed by atoms with van der Waals surface area (Å²) in [5, 5.41) is 10.6. The number of carbonyl (C=O) groups is 1. The van der Waals surface area contributed by atoms with E-state index in [-0.39, 0.29) is 15.9 Å². The molecule has 1 aromatic heterocycles. The van der Waals surface area contributed by atoms with Gasteiger partial charge in [-0.3, -0.25) is 4.79 Å². The molecule has 0 spiro atoms. The number of halogens is 4. The maximum absolute atomic E-state index is 13.5. The number of nitrogens with zero attached hydrogens (tertiary/aromatic N) is 3. The molecule has 1 atom stereocenters. The highest BCUT2D eigenvalue weighted by atomic mass is 35.5. The van der Waals surface area contributed by atoms with Crippen LogP contribution in [0.25, 0.3) is 22.5 Å². The lowest BCUT2D eigenvalue weighted by Crippen LogP contribution is -2.20. The van der Waals surface area contributed by atoms with Gasteiger partial charge in [-0.2, -0.15) is 13.2 Å². The third kappa shape index (κ3) is 6.32. The fourth-order valence-electron chi connectivity index (χ4n) is 3.95. The number of carbonyl (C=O) groups excluding carboxylic acids is 1. The second kappa shape index (κ2) is 11.9. The van der Waals surface area contributed by atoms with Crippen LogP contribution >= 0.6 is 23.4 Å². The maximum Gasteiger partial charge on any atom is 0.416 e. The molecule has 0 bridgehead atoms. The molecule has 1 N–H and O–H groups in total. The Balaban J connectivity index is 1.52. The third-order valence-electron chi connectivity index (χ3n) is 5.88. The van der Waals surface area contributed by atoms with Crippen molar-refractivity contribution < 1.29 is 18.0 Å². The Labute approximate surface area is 237 Å². The molecule has 10 heteroatoms. The summed E-state index contributed by atoms with van der Waals surface area (Å²) in [5.41, 5.74) is 2.33. The Kier molecular flexibility index (Phi) is 8.14. The molecule has 0 saturated heterocycles. The molecule has 5 rings (SSSR count). The van der Waals surface area contributed by atoms with Crippen molar-refractivity contribution in [1.82, 2.24) is 15.2 Å². The van der Waals surface area contributed by atoms with Crippen LogP contribution < -0.4 is 5.32 Å². The number of anilines is 1. The van der Waals surface area contributed by atoms with Crippen molar-refractivity contribution in [3.63, 3.8) is 0 Å². The number of aromatic nitrogens is 3. The number of rotatable bonds is 7. The molecule has 40 heavy (non-hydrogen) atoms. The van der Waals surface area contributed by atoms with Gasteiger partial charge in [-0.1, -0.05) is 114 Å². The van der Waals surface area contributed by atoms with Gasteiger partial charge in [-0.05, 0) is 23.8 Å². The Hall–Kier alpha value is -4.21. The van der Waals surface area contributed by atoms with Crippen molar-refractivity contribution in [3.05, 3.63) is 125 Å². The molecule has 0 unspecified atom stereocenters. The number of alkyl halides is 3. The normalized spacial score (nSPS) is 12.1. The van der Waals surface area contributed by atoms with E-state index in [0.717, 1.165) is 41.1 Å². The second-order valence-electron chi connectivity index (χ2n) is 8.61. The van der Waals surface area contributed by atoms with Crippen molar-refractivity contribution in [3.8, 4) is 22.5 Å². The van der Waals surface area contributed by atoms with E-state index in [1.165, 1.54) is 0 Å². The summed E-state index contributed by atoms with van der Waals surface area (Å²) in [7, 11) is 0. The number of benzene rings is 4. The van der Waals surface area contributed by atoms with E-state index in [9.17, 15) is 18.0 Å². The van der Waals surface area contributed by atoms with E-state index in [4.69, 9.17) is 16.6 Å². The molecule has 0 saturated carbocycles. The van der Waals surface area contributed by atoms with E-state index in [2.05, 4.69) is 15.5 Å². The molecule has 0 fully saturated rings. The molecule has 0 aliphatic carbocycles. The van der Waals surface area contributed by atoms with Gasteiger partial charge in [0.15, 0.2) is 0 Å². The van der Waals surface area contributed by atoms with E-state index in [0.29, 0.717) is 17.0 Å². The molecule has 0 aliphatic heterocycles. The Morgan fingerprint density at radius 1 is 0.775 bits per heavy atom. The van der Waals surface area contributed by atoms with Crippen LogP contribution in [0, 0.1) is 0 Å². The zero-order chi connectivity index (χ0) is 28.1. The van der Waals surface area contributed by atoms with Gasteiger partial charge >= 0.3 is 6.18 Å². The van der Waals surface area contributed by atoms with Crippen molar-refractivity contribution in [2.75, 3.05) is 5.32 Å². The van der Waals surface area contributed by atoms with Crippen molar-refractivity contribution in [1.29, 1.82) is 0 Å². The highest BCUT2D eigenvalue weighted by Crippen LogP contribution is 2.38. The smallest absolute Gasteiger partial charge is 0.323 e. The molecule has 5 nitrogen and oxygen atoms in total. The average molecular weight is 577 g/mol. The lowest BCUT2D eigenvalue weighted by atomic mass is 10.0. The number of thioether (sulfide) groups is 1. The predicted molar refractivity (Wildman–Crippen MR) is 151 cm³/mol.